The molecule has 7 heteroatoms. The number of benzene rings is 1. The van der Waals surface area contributed by atoms with E-state index in [0.29, 0.717) is 23.6 Å². The maximum atomic E-state index is 12.5. The summed E-state index contributed by atoms with van der Waals surface area (Å²) in [5.41, 5.74) is 5.16. The first-order valence-corrected chi connectivity index (χ1v) is 7.30. The van der Waals surface area contributed by atoms with Crippen LogP contribution < -0.4 is 16.6 Å². The Kier molecular flexibility index (Phi) is 3.92. The zero-order valence-corrected chi connectivity index (χ0v) is 12.3. The number of aromatic amines is 1. The predicted molar refractivity (Wildman–Crippen MR) is 84.7 cm³/mol. The molecular weight excluding hydrogens is 296 g/mol. The number of nitrogens with two attached hydrogens (primary N) is 1. The second-order valence-electron chi connectivity index (χ2n) is 5.48. The molecule has 1 aromatic heterocycles. The molecule has 0 fully saturated rings. The molecule has 1 aliphatic carbocycles. The third-order valence-corrected chi connectivity index (χ3v) is 4.03. The summed E-state index contributed by atoms with van der Waals surface area (Å²) >= 11 is 0. The maximum absolute atomic E-state index is 12.5. The molecule has 118 valence electrons. The fourth-order valence-corrected chi connectivity index (χ4v) is 2.81. The van der Waals surface area contributed by atoms with Crippen LogP contribution in [0.1, 0.15) is 23.3 Å². The average molecular weight is 312 g/mol. The Morgan fingerprint density at radius 1 is 1.17 bits per heavy atom. The maximum Gasteiger partial charge on any atom is 0.272 e. The van der Waals surface area contributed by atoms with Crippen molar-refractivity contribution in [1.29, 1.82) is 0 Å². The lowest BCUT2D eigenvalue weighted by Crippen LogP contribution is -2.46. The van der Waals surface area contributed by atoms with Gasteiger partial charge in [0.05, 0.1) is 11.3 Å². The lowest BCUT2D eigenvalue weighted by molar-refractivity contribution is -0.122. The summed E-state index contributed by atoms with van der Waals surface area (Å²) in [6.45, 7) is 0. The van der Waals surface area contributed by atoms with Gasteiger partial charge in [-0.3, -0.25) is 14.4 Å². The highest BCUT2D eigenvalue weighted by atomic mass is 16.2. The van der Waals surface area contributed by atoms with Crippen molar-refractivity contribution in [2.75, 3.05) is 0 Å². The minimum absolute atomic E-state index is 0.123. The Bertz CT molecular complexity index is 856. The van der Waals surface area contributed by atoms with Gasteiger partial charge in [-0.15, -0.1) is 0 Å². The Hall–Kier alpha value is -2.96. The minimum Gasteiger partial charge on any atom is -0.369 e. The first kappa shape index (κ1) is 15.0. The van der Waals surface area contributed by atoms with E-state index in [4.69, 9.17) is 5.73 Å². The molecule has 0 spiro atoms. The smallest absolute Gasteiger partial charge is 0.272 e. The van der Waals surface area contributed by atoms with Crippen molar-refractivity contribution in [3.8, 4) is 0 Å². The van der Waals surface area contributed by atoms with Crippen LogP contribution in [0.4, 0.5) is 0 Å². The van der Waals surface area contributed by atoms with E-state index in [-0.39, 0.29) is 17.3 Å². The molecule has 2 unspecified atom stereocenters. The normalized spacial score (nSPS) is 20.3. The predicted octanol–water partition coefficient (Wildman–Crippen LogP) is 0.473. The highest BCUT2D eigenvalue weighted by Crippen LogP contribution is 2.20. The Balaban J connectivity index is 1.92. The molecule has 0 saturated heterocycles. The Labute approximate surface area is 131 Å². The van der Waals surface area contributed by atoms with Crippen molar-refractivity contribution in [3.63, 3.8) is 0 Å². The first-order chi connectivity index (χ1) is 11.1. The van der Waals surface area contributed by atoms with E-state index in [1.54, 1.807) is 24.3 Å². The van der Waals surface area contributed by atoms with Crippen molar-refractivity contribution < 1.29 is 9.59 Å². The fourth-order valence-electron chi connectivity index (χ4n) is 2.81. The number of nitrogens with zero attached hydrogens (tertiary/aromatic N) is 1. The van der Waals surface area contributed by atoms with Crippen LogP contribution in [0.15, 0.2) is 41.2 Å². The van der Waals surface area contributed by atoms with Gasteiger partial charge in [0.25, 0.3) is 11.5 Å². The molecule has 0 bridgehead atoms. The van der Waals surface area contributed by atoms with Crippen molar-refractivity contribution in [1.82, 2.24) is 15.5 Å². The van der Waals surface area contributed by atoms with Gasteiger partial charge in [-0.05, 0) is 18.9 Å². The number of allylic oxidation sites excluding steroid dienone is 1. The summed E-state index contributed by atoms with van der Waals surface area (Å²) in [6, 6.07) is 6.36. The van der Waals surface area contributed by atoms with E-state index in [1.807, 2.05) is 12.2 Å². The standard InChI is InChI=1S/C16H16N4O3/c17-14(21)11-7-3-4-8-12(11)18-16(23)13-9-5-1-2-6-10(9)15(22)20-19-13/h1-6,11-12H,7-8H2,(H2,17,21)(H,18,23)(H,20,22). The monoisotopic (exact) mass is 312 g/mol. The van der Waals surface area contributed by atoms with Crippen LogP contribution in [-0.2, 0) is 4.79 Å². The lowest BCUT2D eigenvalue weighted by Gasteiger charge is -2.26. The second kappa shape index (κ2) is 6.04. The van der Waals surface area contributed by atoms with E-state index in [9.17, 15) is 14.4 Å². The summed E-state index contributed by atoms with van der Waals surface area (Å²) < 4.78 is 0. The van der Waals surface area contributed by atoms with Crippen LogP contribution in [0, 0.1) is 5.92 Å². The van der Waals surface area contributed by atoms with Gasteiger partial charge in [-0.1, -0.05) is 30.4 Å². The molecule has 2 aromatic rings. The zero-order valence-electron chi connectivity index (χ0n) is 12.3. The fraction of sp³-hybridized carbons (Fsp3) is 0.250. The number of nitrogens with one attached hydrogen (secondary N) is 2. The second-order valence-corrected chi connectivity index (χ2v) is 5.48. The number of hydrogen-bond acceptors (Lipinski definition) is 4. The summed E-state index contributed by atoms with van der Waals surface area (Å²) in [6.07, 6.45) is 4.81. The molecule has 1 heterocycles. The third kappa shape index (κ3) is 2.85. The van der Waals surface area contributed by atoms with Gasteiger partial charge in [-0.25, -0.2) is 5.10 Å². The molecule has 2 amide bonds. The molecule has 1 aliphatic rings. The van der Waals surface area contributed by atoms with Gasteiger partial charge in [0.15, 0.2) is 5.69 Å². The number of primary amides is 1. The zero-order chi connectivity index (χ0) is 16.4. The number of amides is 2. The number of H-pyrrole nitrogens is 1. The molecule has 0 aliphatic heterocycles. The number of carbonyl (C=O) groups is 2. The van der Waals surface area contributed by atoms with Crippen molar-refractivity contribution in [2.24, 2.45) is 11.7 Å². The average Bonchev–Trinajstić information content (AvgIpc) is 2.55. The van der Waals surface area contributed by atoms with Gasteiger partial charge in [0, 0.05) is 11.4 Å². The van der Waals surface area contributed by atoms with Gasteiger partial charge in [0.1, 0.15) is 0 Å². The Morgan fingerprint density at radius 2 is 1.87 bits per heavy atom. The van der Waals surface area contributed by atoms with E-state index >= 15 is 0 Å². The molecule has 1 aromatic carbocycles. The Morgan fingerprint density at radius 3 is 2.61 bits per heavy atom. The van der Waals surface area contributed by atoms with Crippen LogP contribution in [0.2, 0.25) is 0 Å². The largest absolute Gasteiger partial charge is 0.369 e. The summed E-state index contributed by atoms with van der Waals surface area (Å²) in [5, 5.41) is 9.84. The van der Waals surface area contributed by atoms with E-state index in [2.05, 4.69) is 15.5 Å². The topological polar surface area (TPSA) is 118 Å². The van der Waals surface area contributed by atoms with E-state index < -0.39 is 17.7 Å². The third-order valence-electron chi connectivity index (χ3n) is 4.03. The molecule has 7 nitrogen and oxygen atoms in total. The minimum atomic E-state index is -0.446. The summed E-state index contributed by atoms with van der Waals surface area (Å²) in [7, 11) is 0. The van der Waals surface area contributed by atoms with Crippen LogP contribution in [0.5, 0.6) is 0 Å². The van der Waals surface area contributed by atoms with Gasteiger partial charge < -0.3 is 11.1 Å². The van der Waals surface area contributed by atoms with Crippen LogP contribution in [-0.4, -0.2) is 28.1 Å². The lowest BCUT2D eigenvalue weighted by atomic mass is 9.88. The number of aromatic nitrogens is 2. The van der Waals surface area contributed by atoms with E-state index in [1.165, 1.54) is 0 Å². The first-order valence-electron chi connectivity index (χ1n) is 7.30. The number of fused-ring (bicyclic) bond motifs is 1. The van der Waals surface area contributed by atoms with Crippen molar-refractivity contribution in [2.45, 2.75) is 18.9 Å². The molecule has 0 radical (unpaired) electrons. The molecule has 4 N–H and O–H groups in total. The van der Waals surface area contributed by atoms with Crippen molar-refractivity contribution in [3.05, 3.63) is 52.5 Å². The van der Waals surface area contributed by atoms with Crippen LogP contribution in [0.3, 0.4) is 0 Å². The quantitative estimate of drug-likeness (QED) is 0.714. The SMILES string of the molecule is NC(=O)C1CC=CCC1NC(=O)c1n[nH]c(=O)c2ccccc12. The molecule has 3 rings (SSSR count). The van der Waals surface area contributed by atoms with Gasteiger partial charge in [0.2, 0.25) is 5.91 Å². The number of hydrogen-bond donors (Lipinski definition) is 3. The number of carbonyl (C=O) groups excluding carboxylic acids is 2. The van der Waals surface area contributed by atoms with Gasteiger partial charge >= 0.3 is 0 Å². The number of rotatable bonds is 3. The summed E-state index contributed by atoms with van der Waals surface area (Å²) in [5.74, 6) is -1.33. The highest BCUT2D eigenvalue weighted by Gasteiger charge is 2.29. The summed E-state index contributed by atoms with van der Waals surface area (Å²) in [4.78, 5) is 35.8. The van der Waals surface area contributed by atoms with E-state index in [0.717, 1.165) is 0 Å². The van der Waals surface area contributed by atoms with Crippen LogP contribution >= 0.6 is 0 Å². The molecule has 2 atom stereocenters. The van der Waals surface area contributed by atoms with Crippen molar-refractivity contribution >= 4 is 22.6 Å². The molecule has 0 saturated carbocycles. The highest BCUT2D eigenvalue weighted by molar-refractivity contribution is 6.05. The van der Waals surface area contributed by atoms with Crippen LogP contribution in [0.25, 0.3) is 10.8 Å². The van der Waals surface area contributed by atoms with Gasteiger partial charge in [-0.2, -0.15) is 5.10 Å². The molecular formula is C16H16N4O3. The molecule has 23 heavy (non-hydrogen) atoms.